The van der Waals surface area contributed by atoms with Crippen molar-refractivity contribution in [3.63, 3.8) is 0 Å². The van der Waals surface area contributed by atoms with Crippen molar-refractivity contribution in [2.45, 2.75) is 13.8 Å². The minimum absolute atomic E-state index is 0.494. The number of hydrogen-bond acceptors (Lipinski definition) is 5. The molecule has 0 aliphatic carbocycles. The average Bonchev–Trinajstić information content (AvgIpc) is 3.00. The summed E-state index contributed by atoms with van der Waals surface area (Å²) < 4.78 is 1.62. The van der Waals surface area contributed by atoms with Crippen molar-refractivity contribution >= 4 is 5.95 Å². The number of nitrogens with zero attached hydrogens (tertiary/aromatic N) is 5. The summed E-state index contributed by atoms with van der Waals surface area (Å²) in [5.41, 5.74) is 3.33. The van der Waals surface area contributed by atoms with E-state index in [1.165, 1.54) is 11.1 Å². The largest absolute Gasteiger partial charge is 0.357 e. The molecule has 2 aromatic heterocycles. The Hall–Kier alpha value is -2.76. The SMILES string of the molecule is CNc1nc(-c2cc(C)cc(C)c2)nc(-n2cccn2)n1. The normalized spacial score (nSPS) is 10.6. The number of anilines is 1. The lowest BCUT2D eigenvalue weighted by Gasteiger charge is -2.08. The molecule has 0 fully saturated rings. The highest BCUT2D eigenvalue weighted by Gasteiger charge is 2.10. The van der Waals surface area contributed by atoms with Gasteiger partial charge < -0.3 is 5.32 Å². The first kappa shape index (κ1) is 13.2. The third-order valence-electron chi connectivity index (χ3n) is 3.04. The van der Waals surface area contributed by atoms with Crippen LogP contribution in [0, 0.1) is 13.8 Å². The summed E-state index contributed by atoms with van der Waals surface area (Å²) >= 11 is 0. The van der Waals surface area contributed by atoms with Gasteiger partial charge in [0.1, 0.15) is 0 Å². The molecular formula is C15H16N6. The molecule has 0 unspecified atom stereocenters. The van der Waals surface area contributed by atoms with E-state index in [-0.39, 0.29) is 0 Å². The molecule has 3 rings (SSSR count). The molecule has 0 aliphatic rings. The minimum atomic E-state index is 0.494. The van der Waals surface area contributed by atoms with Crippen LogP contribution in [-0.4, -0.2) is 31.8 Å². The van der Waals surface area contributed by atoms with Gasteiger partial charge in [0.2, 0.25) is 5.95 Å². The molecule has 0 radical (unpaired) electrons. The number of aromatic nitrogens is 5. The lowest BCUT2D eigenvalue weighted by molar-refractivity contribution is 0.800. The third kappa shape index (κ3) is 2.74. The van der Waals surface area contributed by atoms with Gasteiger partial charge >= 0.3 is 0 Å². The Morgan fingerprint density at radius 3 is 2.38 bits per heavy atom. The van der Waals surface area contributed by atoms with Gasteiger partial charge in [-0.05, 0) is 32.0 Å². The van der Waals surface area contributed by atoms with Gasteiger partial charge in [-0.25, -0.2) is 4.68 Å². The molecule has 3 aromatic rings. The highest BCUT2D eigenvalue weighted by atomic mass is 15.4. The standard InChI is InChI=1S/C15H16N6/c1-10-7-11(2)9-12(8-10)13-18-14(16-3)20-15(19-13)21-6-4-5-17-21/h4-9H,1-3H3,(H,16,18,19,20). The molecular weight excluding hydrogens is 264 g/mol. The summed E-state index contributed by atoms with van der Waals surface area (Å²) in [4.78, 5) is 13.3. The summed E-state index contributed by atoms with van der Waals surface area (Å²) in [7, 11) is 1.79. The molecule has 0 amide bonds. The van der Waals surface area contributed by atoms with Crippen molar-refractivity contribution < 1.29 is 0 Å². The van der Waals surface area contributed by atoms with Gasteiger partial charge in [0, 0.05) is 25.0 Å². The van der Waals surface area contributed by atoms with Gasteiger partial charge in [0.15, 0.2) is 5.82 Å². The van der Waals surface area contributed by atoms with Gasteiger partial charge in [-0.15, -0.1) is 0 Å². The summed E-state index contributed by atoms with van der Waals surface area (Å²) in [6.07, 6.45) is 3.50. The average molecular weight is 280 g/mol. The van der Waals surface area contributed by atoms with E-state index in [9.17, 15) is 0 Å². The van der Waals surface area contributed by atoms with Crippen molar-refractivity contribution in [3.05, 3.63) is 47.8 Å². The van der Waals surface area contributed by atoms with Gasteiger partial charge in [-0.3, -0.25) is 0 Å². The molecule has 1 N–H and O–H groups in total. The molecule has 0 saturated heterocycles. The van der Waals surface area contributed by atoms with Gasteiger partial charge in [0.05, 0.1) is 0 Å². The van der Waals surface area contributed by atoms with Gasteiger partial charge in [0.25, 0.3) is 5.95 Å². The van der Waals surface area contributed by atoms with Crippen molar-refractivity contribution in [2.24, 2.45) is 0 Å². The van der Waals surface area contributed by atoms with Crippen LogP contribution in [0.4, 0.5) is 5.95 Å². The minimum Gasteiger partial charge on any atom is -0.357 e. The monoisotopic (exact) mass is 280 g/mol. The highest BCUT2D eigenvalue weighted by Crippen LogP contribution is 2.20. The molecule has 106 valence electrons. The lowest BCUT2D eigenvalue weighted by atomic mass is 10.1. The molecule has 0 bridgehead atoms. The second-order valence-electron chi connectivity index (χ2n) is 4.86. The van der Waals surface area contributed by atoms with E-state index in [0.29, 0.717) is 17.7 Å². The van der Waals surface area contributed by atoms with E-state index in [1.807, 2.05) is 6.07 Å². The predicted molar refractivity (Wildman–Crippen MR) is 81.4 cm³/mol. The van der Waals surface area contributed by atoms with Crippen LogP contribution in [0.1, 0.15) is 11.1 Å². The smallest absolute Gasteiger partial charge is 0.255 e. The molecule has 1 aromatic carbocycles. The lowest BCUT2D eigenvalue weighted by Crippen LogP contribution is -2.08. The Morgan fingerprint density at radius 2 is 1.76 bits per heavy atom. The Balaban J connectivity index is 2.15. The van der Waals surface area contributed by atoms with Crippen molar-refractivity contribution in [1.29, 1.82) is 0 Å². The Kier molecular flexibility index (Phi) is 3.35. The maximum absolute atomic E-state index is 4.51. The maximum atomic E-state index is 4.51. The van der Waals surface area contributed by atoms with Crippen LogP contribution in [0.25, 0.3) is 17.3 Å². The first-order chi connectivity index (χ1) is 10.2. The quantitative estimate of drug-likeness (QED) is 0.797. The van der Waals surface area contributed by atoms with E-state index in [0.717, 1.165) is 5.56 Å². The molecule has 21 heavy (non-hydrogen) atoms. The zero-order valence-electron chi connectivity index (χ0n) is 12.2. The molecule has 2 heterocycles. The van der Waals surface area contributed by atoms with E-state index in [1.54, 1.807) is 24.1 Å². The van der Waals surface area contributed by atoms with Crippen LogP contribution in [0.15, 0.2) is 36.7 Å². The predicted octanol–water partition coefficient (Wildman–Crippen LogP) is 2.38. The zero-order valence-corrected chi connectivity index (χ0v) is 12.2. The number of nitrogens with one attached hydrogen (secondary N) is 1. The van der Waals surface area contributed by atoms with Gasteiger partial charge in [-0.1, -0.05) is 17.2 Å². The third-order valence-corrected chi connectivity index (χ3v) is 3.04. The molecule has 0 aliphatic heterocycles. The fraction of sp³-hybridized carbons (Fsp3) is 0.200. The molecule has 0 spiro atoms. The molecule has 6 heteroatoms. The van der Waals surface area contributed by atoms with Crippen molar-refractivity contribution in [1.82, 2.24) is 24.7 Å². The second kappa shape index (κ2) is 5.32. The fourth-order valence-electron chi connectivity index (χ4n) is 2.20. The molecule has 6 nitrogen and oxygen atoms in total. The number of aryl methyl sites for hydroxylation is 2. The van der Waals surface area contributed by atoms with E-state index in [2.05, 4.69) is 57.4 Å². The number of rotatable bonds is 3. The Morgan fingerprint density at radius 1 is 1.00 bits per heavy atom. The summed E-state index contributed by atoms with van der Waals surface area (Å²) in [6.45, 7) is 4.12. The summed E-state index contributed by atoms with van der Waals surface area (Å²) in [5.74, 6) is 1.64. The van der Waals surface area contributed by atoms with Crippen LogP contribution in [-0.2, 0) is 0 Å². The number of benzene rings is 1. The summed E-state index contributed by atoms with van der Waals surface area (Å²) in [5, 5.41) is 7.13. The second-order valence-corrected chi connectivity index (χ2v) is 4.86. The zero-order chi connectivity index (χ0) is 14.8. The Labute approximate surface area is 122 Å². The first-order valence-corrected chi connectivity index (χ1v) is 6.68. The van der Waals surface area contributed by atoms with Crippen LogP contribution < -0.4 is 5.32 Å². The fourth-order valence-corrected chi connectivity index (χ4v) is 2.20. The van der Waals surface area contributed by atoms with Gasteiger partial charge in [-0.2, -0.15) is 20.1 Å². The maximum Gasteiger partial charge on any atom is 0.255 e. The van der Waals surface area contributed by atoms with Crippen LogP contribution >= 0.6 is 0 Å². The summed E-state index contributed by atoms with van der Waals surface area (Å²) in [6, 6.07) is 8.08. The van der Waals surface area contributed by atoms with E-state index >= 15 is 0 Å². The Bertz CT molecular complexity index is 744. The van der Waals surface area contributed by atoms with E-state index < -0.39 is 0 Å². The van der Waals surface area contributed by atoms with E-state index in [4.69, 9.17) is 0 Å². The number of hydrogen-bond donors (Lipinski definition) is 1. The first-order valence-electron chi connectivity index (χ1n) is 6.68. The van der Waals surface area contributed by atoms with Crippen molar-refractivity contribution in [3.8, 4) is 17.3 Å². The molecule has 0 atom stereocenters. The van der Waals surface area contributed by atoms with Crippen LogP contribution in [0.5, 0.6) is 0 Å². The van der Waals surface area contributed by atoms with Crippen molar-refractivity contribution in [2.75, 3.05) is 12.4 Å². The van der Waals surface area contributed by atoms with Crippen LogP contribution in [0.2, 0.25) is 0 Å². The van der Waals surface area contributed by atoms with Crippen LogP contribution in [0.3, 0.4) is 0 Å². The topological polar surface area (TPSA) is 68.5 Å². The highest BCUT2D eigenvalue weighted by molar-refractivity contribution is 5.59. The molecule has 0 saturated carbocycles.